The number of aromatic nitrogens is 1. The van der Waals surface area contributed by atoms with Gasteiger partial charge < -0.3 is 5.32 Å². The van der Waals surface area contributed by atoms with Crippen molar-refractivity contribution in [2.75, 3.05) is 0 Å². The average Bonchev–Trinajstić information content (AvgIpc) is 3.40. The number of nitrogens with zero attached hydrogens (tertiary/aromatic N) is 2. The SMILES string of the molecule is O=C1NC2(CCCc3ccccc32)C(=O)N1Cc1csc(-c2cccs2)n1. The molecule has 5 rings (SSSR count). The first kappa shape index (κ1) is 16.6. The second kappa shape index (κ2) is 6.28. The maximum Gasteiger partial charge on any atom is 0.325 e. The molecule has 136 valence electrons. The van der Waals surface area contributed by atoms with E-state index in [1.165, 1.54) is 16.2 Å². The van der Waals surface area contributed by atoms with E-state index in [9.17, 15) is 9.59 Å². The summed E-state index contributed by atoms with van der Waals surface area (Å²) in [5, 5.41) is 7.85. The van der Waals surface area contributed by atoms with Crippen LogP contribution < -0.4 is 5.32 Å². The Morgan fingerprint density at radius 1 is 1.15 bits per heavy atom. The monoisotopic (exact) mass is 395 g/mol. The molecule has 1 fully saturated rings. The van der Waals surface area contributed by atoms with Gasteiger partial charge in [-0.15, -0.1) is 22.7 Å². The van der Waals surface area contributed by atoms with E-state index >= 15 is 0 Å². The second-order valence-electron chi connectivity index (χ2n) is 6.86. The fourth-order valence-electron chi connectivity index (χ4n) is 4.01. The molecule has 5 nitrogen and oxygen atoms in total. The molecule has 3 aromatic rings. The van der Waals surface area contributed by atoms with Gasteiger partial charge >= 0.3 is 6.03 Å². The third-order valence-electron chi connectivity index (χ3n) is 5.25. The number of amides is 3. The van der Waals surface area contributed by atoms with E-state index in [1.807, 2.05) is 47.2 Å². The van der Waals surface area contributed by atoms with E-state index in [-0.39, 0.29) is 18.5 Å². The van der Waals surface area contributed by atoms with Crippen LogP contribution >= 0.6 is 22.7 Å². The summed E-state index contributed by atoms with van der Waals surface area (Å²) in [4.78, 5) is 33.0. The van der Waals surface area contributed by atoms with Crippen molar-refractivity contribution >= 4 is 34.6 Å². The van der Waals surface area contributed by atoms with Crippen molar-refractivity contribution in [3.05, 3.63) is 64.0 Å². The molecule has 0 bridgehead atoms. The van der Waals surface area contributed by atoms with Crippen molar-refractivity contribution < 1.29 is 9.59 Å². The highest BCUT2D eigenvalue weighted by Crippen LogP contribution is 2.40. The molecule has 1 saturated heterocycles. The molecule has 2 aliphatic rings. The topological polar surface area (TPSA) is 62.3 Å². The van der Waals surface area contributed by atoms with Crippen molar-refractivity contribution in [2.24, 2.45) is 0 Å². The van der Waals surface area contributed by atoms with Crippen LogP contribution in [0.2, 0.25) is 0 Å². The molecular formula is C20H17N3O2S2. The summed E-state index contributed by atoms with van der Waals surface area (Å²) in [6.45, 7) is 0.205. The molecule has 1 aromatic carbocycles. The highest BCUT2D eigenvalue weighted by Gasteiger charge is 2.53. The van der Waals surface area contributed by atoms with Crippen LogP contribution in [0.4, 0.5) is 4.79 Å². The van der Waals surface area contributed by atoms with Crippen LogP contribution in [-0.2, 0) is 23.3 Å². The number of carbonyl (C=O) groups is 2. The highest BCUT2D eigenvalue weighted by molar-refractivity contribution is 7.20. The molecular weight excluding hydrogens is 378 g/mol. The number of hydrogen-bond donors (Lipinski definition) is 1. The van der Waals surface area contributed by atoms with E-state index in [2.05, 4.69) is 10.3 Å². The Hall–Kier alpha value is -2.51. The van der Waals surface area contributed by atoms with Crippen LogP contribution in [0.15, 0.2) is 47.2 Å². The molecule has 1 aliphatic carbocycles. The summed E-state index contributed by atoms with van der Waals surface area (Å²) in [6.07, 6.45) is 2.47. The van der Waals surface area contributed by atoms with Gasteiger partial charge in [0.2, 0.25) is 0 Å². The maximum absolute atomic E-state index is 13.3. The van der Waals surface area contributed by atoms with E-state index in [0.29, 0.717) is 6.42 Å². The number of fused-ring (bicyclic) bond motifs is 2. The van der Waals surface area contributed by atoms with Gasteiger partial charge in [0.25, 0.3) is 5.91 Å². The molecule has 2 aromatic heterocycles. The predicted molar refractivity (Wildman–Crippen MR) is 106 cm³/mol. The van der Waals surface area contributed by atoms with Crippen molar-refractivity contribution in [2.45, 2.75) is 31.3 Å². The van der Waals surface area contributed by atoms with Gasteiger partial charge in [0.1, 0.15) is 10.5 Å². The zero-order valence-corrected chi connectivity index (χ0v) is 16.1. The lowest BCUT2D eigenvalue weighted by atomic mass is 9.76. The first-order chi connectivity index (χ1) is 13.2. The van der Waals surface area contributed by atoms with Gasteiger partial charge in [-0.25, -0.2) is 9.78 Å². The molecule has 1 spiro atoms. The molecule has 1 unspecified atom stereocenters. The zero-order chi connectivity index (χ0) is 18.4. The van der Waals surface area contributed by atoms with Crippen molar-refractivity contribution in [3.8, 4) is 9.88 Å². The van der Waals surface area contributed by atoms with Gasteiger partial charge in [-0.3, -0.25) is 9.69 Å². The van der Waals surface area contributed by atoms with Crippen LogP contribution in [0.5, 0.6) is 0 Å². The average molecular weight is 396 g/mol. The van der Waals surface area contributed by atoms with Crippen LogP contribution in [0.1, 0.15) is 29.7 Å². The van der Waals surface area contributed by atoms with E-state index in [4.69, 9.17) is 0 Å². The van der Waals surface area contributed by atoms with Crippen molar-refractivity contribution in [1.82, 2.24) is 15.2 Å². The van der Waals surface area contributed by atoms with Gasteiger partial charge in [0.05, 0.1) is 17.1 Å². The van der Waals surface area contributed by atoms with E-state index < -0.39 is 5.54 Å². The molecule has 1 N–H and O–H groups in total. The minimum atomic E-state index is -0.918. The third kappa shape index (κ3) is 2.61. The van der Waals surface area contributed by atoms with Crippen molar-refractivity contribution in [1.29, 1.82) is 0 Å². The highest BCUT2D eigenvalue weighted by atomic mass is 32.1. The number of thiazole rings is 1. The second-order valence-corrected chi connectivity index (χ2v) is 8.66. The van der Waals surface area contributed by atoms with Gasteiger partial charge in [-0.2, -0.15) is 0 Å². The minimum Gasteiger partial charge on any atom is -0.319 e. The molecule has 1 atom stereocenters. The predicted octanol–water partition coefficient (Wildman–Crippen LogP) is 4.16. The maximum atomic E-state index is 13.3. The third-order valence-corrected chi connectivity index (χ3v) is 7.18. The summed E-state index contributed by atoms with van der Waals surface area (Å²) in [5.41, 5.74) is 1.91. The normalized spacial score (nSPS) is 21.6. The summed E-state index contributed by atoms with van der Waals surface area (Å²) in [7, 11) is 0. The number of nitrogens with one attached hydrogen (secondary N) is 1. The van der Waals surface area contributed by atoms with E-state index in [0.717, 1.165) is 39.5 Å². The number of carbonyl (C=O) groups excluding carboxylic acids is 2. The van der Waals surface area contributed by atoms with Gasteiger partial charge in [-0.05, 0) is 41.8 Å². The van der Waals surface area contributed by atoms with Crippen molar-refractivity contribution in [3.63, 3.8) is 0 Å². The molecule has 7 heteroatoms. The number of benzene rings is 1. The zero-order valence-electron chi connectivity index (χ0n) is 14.5. The fourth-order valence-corrected chi connectivity index (χ4v) is 5.64. The van der Waals surface area contributed by atoms with Gasteiger partial charge in [-0.1, -0.05) is 30.3 Å². The van der Waals surface area contributed by atoms with Gasteiger partial charge in [0, 0.05) is 5.38 Å². The Labute approximate surface area is 164 Å². The number of imide groups is 1. The largest absolute Gasteiger partial charge is 0.325 e. The van der Waals surface area contributed by atoms with Crippen LogP contribution in [0.25, 0.3) is 9.88 Å². The molecule has 3 amide bonds. The quantitative estimate of drug-likeness (QED) is 0.678. The lowest BCUT2D eigenvalue weighted by Crippen LogP contribution is -2.46. The Kier molecular flexibility index (Phi) is 3.87. The Morgan fingerprint density at radius 3 is 2.89 bits per heavy atom. The van der Waals surface area contributed by atoms with Gasteiger partial charge in [0.15, 0.2) is 0 Å². The smallest absolute Gasteiger partial charge is 0.319 e. The van der Waals surface area contributed by atoms with Crippen LogP contribution in [0, 0.1) is 0 Å². The lowest BCUT2D eigenvalue weighted by Gasteiger charge is -2.33. The summed E-state index contributed by atoms with van der Waals surface area (Å²) < 4.78 is 0. The first-order valence-electron chi connectivity index (χ1n) is 8.88. The molecule has 27 heavy (non-hydrogen) atoms. The summed E-state index contributed by atoms with van der Waals surface area (Å²) in [5.74, 6) is -0.162. The number of urea groups is 1. The number of thiophene rings is 1. The first-order valence-corrected chi connectivity index (χ1v) is 10.6. The Morgan fingerprint density at radius 2 is 2.04 bits per heavy atom. The Balaban J connectivity index is 1.44. The summed E-state index contributed by atoms with van der Waals surface area (Å²) >= 11 is 3.17. The fraction of sp³-hybridized carbons (Fsp3) is 0.250. The molecule has 0 radical (unpaired) electrons. The Bertz CT molecular complexity index is 1030. The number of hydrogen-bond acceptors (Lipinski definition) is 5. The van der Waals surface area contributed by atoms with E-state index in [1.54, 1.807) is 11.3 Å². The van der Waals surface area contributed by atoms with Crippen LogP contribution in [0.3, 0.4) is 0 Å². The minimum absolute atomic E-state index is 0.162. The van der Waals surface area contributed by atoms with Crippen LogP contribution in [-0.4, -0.2) is 21.8 Å². The summed E-state index contributed by atoms with van der Waals surface area (Å²) in [6, 6.07) is 11.6. The molecule has 3 heterocycles. The standard InChI is InChI=1S/C20H17N3O2S2/c24-18-20(9-3-6-13-5-1-2-7-15(13)20)22-19(25)23(18)11-14-12-27-17(21-14)16-8-4-10-26-16/h1-2,4-5,7-8,10,12H,3,6,9,11H2,(H,22,25). The molecule has 1 aliphatic heterocycles. The number of aryl methyl sites for hydroxylation is 1. The molecule has 0 saturated carbocycles. The lowest BCUT2D eigenvalue weighted by molar-refractivity contribution is -0.132. The number of rotatable bonds is 3.